The number of hydrogen-bond acceptors (Lipinski definition) is 7. The van der Waals surface area contributed by atoms with Gasteiger partial charge < -0.3 is 15.8 Å². The third-order valence-electron chi connectivity index (χ3n) is 6.84. The summed E-state index contributed by atoms with van der Waals surface area (Å²) < 4.78 is 53.8. The van der Waals surface area contributed by atoms with Gasteiger partial charge in [-0.2, -0.15) is 5.10 Å². The third kappa shape index (κ3) is 4.70. The number of nitrogens with zero attached hydrogens (tertiary/aromatic N) is 3. The summed E-state index contributed by atoms with van der Waals surface area (Å²) in [5.74, 6) is -0.802. The highest BCUT2D eigenvalue weighted by atomic mass is 32.2. The number of aromatic nitrogens is 3. The maximum absolute atomic E-state index is 13.1. The summed E-state index contributed by atoms with van der Waals surface area (Å²) in [4.78, 5) is 28.7. The van der Waals surface area contributed by atoms with Crippen LogP contribution in [0.3, 0.4) is 0 Å². The van der Waals surface area contributed by atoms with Crippen LogP contribution in [-0.2, 0) is 16.8 Å². The highest BCUT2D eigenvalue weighted by molar-refractivity contribution is 7.90. The van der Waals surface area contributed by atoms with Gasteiger partial charge in [-0.05, 0) is 67.0 Å². The predicted molar refractivity (Wildman–Crippen MR) is 131 cm³/mol. The van der Waals surface area contributed by atoms with Crippen molar-refractivity contribution >= 4 is 21.7 Å². The minimum absolute atomic E-state index is 0.0356. The van der Waals surface area contributed by atoms with E-state index in [1.165, 1.54) is 36.8 Å². The molecular weight excluding hydrogens is 482 g/mol. The highest BCUT2D eigenvalue weighted by Gasteiger charge is 2.54. The molecule has 5 rings (SSSR count). The van der Waals surface area contributed by atoms with Crippen molar-refractivity contribution in [3.8, 4) is 17.0 Å². The van der Waals surface area contributed by atoms with Gasteiger partial charge in [0, 0.05) is 46.9 Å². The smallest absolute Gasteiger partial charge is 0.254 e. The molecule has 1 aromatic carbocycles. The minimum Gasteiger partial charge on any atom is -0.474 e. The predicted octanol–water partition coefficient (Wildman–Crippen LogP) is 2.10. The molecule has 3 aromatic rings. The third-order valence-corrected chi connectivity index (χ3v) is 7.94. The molecule has 2 saturated carbocycles. The maximum Gasteiger partial charge on any atom is 0.254 e. The first-order valence-electron chi connectivity index (χ1n) is 12.9. The number of carbonyl (C=O) groups is 2. The molecule has 2 heterocycles. The van der Waals surface area contributed by atoms with Gasteiger partial charge in [0.1, 0.15) is 11.7 Å². The van der Waals surface area contributed by atoms with Gasteiger partial charge in [-0.1, -0.05) is 0 Å². The lowest BCUT2D eigenvalue weighted by atomic mass is 9.53. The molecule has 2 aliphatic rings. The van der Waals surface area contributed by atoms with Crippen LogP contribution >= 0.6 is 0 Å². The number of sulfone groups is 1. The molecule has 3 N–H and O–H groups in total. The van der Waals surface area contributed by atoms with Crippen molar-refractivity contribution < 1.29 is 26.9 Å². The zero-order valence-corrected chi connectivity index (χ0v) is 20.3. The Labute approximate surface area is 213 Å². The fourth-order valence-corrected chi connectivity index (χ4v) is 5.77. The molecule has 11 heteroatoms. The SMILES string of the molecule is [2H]C([2H])([2H])n1cc(-c2cc(C(=O)NC3CC4(C3)CC(Oc3ncccc3C(N)=O)C4)cc(S(C)(=O)=O)c2)cn1. The Morgan fingerprint density at radius 3 is 2.67 bits per heavy atom. The lowest BCUT2D eigenvalue weighted by molar-refractivity contribution is -0.0848. The van der Waals surface area contributed by atoms with E-state index in [-0.39, 0.29) is 39.5 Å². The zero-order valence-electron chi connectivity index (χ0n) is 22.5. The molecule has 1 spiro atoms. The number of primary amides is 1. The number of aryl methyl sites for hydroxylation is 1. The van der Waals surface area contributed by atoms with Crippen molar-refractivity contribution in [3.05, 3.63) is 60.0 Å². The summed E-state index contributed by atoms with van der Waals surface area (Å²) in [6.07, 6.45) is 8.09. The van der Waals surface area contributed by atoms with Crippen LogP contribution in [0.5, 0.6) is 5.88 Å². The van der Waals surface area contributed by atoms with Crippen LogP contribution in [0, 0.1) is 5.41 Å². The fraction of sp³-hybridized carbons (Fsp3) is 0.360. The lowest BCUT2D eigenvalue weighted by Crippen LogP contribution is -2.58. The second-order valence-electron chi connectivity index (χ2n) is 9.64. The van der Waals surface area contributed by atoms with Crippen molar-refractivity contribution in [1.29, 1.82) is 0 Å². The van der Waals surface area contributed by atoms with Crippen molar-refractivity contribution in [2.45, 2.75) is 42.7 Å². The van der Waals surface area contributed by atoms with Crippen molar-refractivity contribution in [3.63, 3.8) is 0 Å². The van der Waals surface area contributed by atoms with E-state index in [4.69, 9.17) is 14.6 Å². The molecule has 0 aliphatic heterocycles. The number of benzene rings is 1. The van der Waals surface area contributed by atoms with E-state index < -0.39 is 28.6 Å². The van der Waals surface area contributed by atoms with Crippen LogP contribution in [0.15, 0.2) is 53.8 Å². The van der Waals surface area contributed by atoms with Crippen molar-refractivity contribution in [1.82, 2.24) is 20.1 Å². The van der Waals surface area contributed by atoms with Gasteiger partial charge in [0.25, 0.3) is 11.8 Å². The molecule has 10 nitrogen and oxygen atoms in total. The van der Waals surface area contributed by atoms with Crippen molar-refractivity contribution in [2.75, 3.05) is 6.26 Å². The highest BCUT2D eigenvalue weighted by Crippen LogP contribution is 2.56. The molecule has 36 heavy (non-hydrogen) atoms. The number of carbonyl (C=O) groups excluding carboxylic acids is 2. The van der Waals surface area contributed by atoms with Gasteiger partial charge in [-0.15, -0.1) is 0 Å². The number of nitrogens with one attached hydrogen (secondary N) is 1. The zero-order chi connectivity index (χ0) is 28.2. The Morgan fingerprint density at radius 1 is 1.22 bits per heavy atom. The summed E-state index contributed by atoms with van der Waals surface area (Å²) in [5, 5.41) is 6.82. The molecular formula is C25H27N5O5S. The van der Waals surface area contributed by atoms with Crippen LogP contribution in [0.1, 0.15) is 50.5 Å². The number of pyridine rings is 1. The number of rotatable bonds is 7. The van der Waals surface area contributed by atoms with Gasteiger partial charge >= 0.3 is 0 Å². The first-order chi connectivity index (χ1) is 18.2. The monoisotopic (exact) mass is 512 g/mol. The first-order valence-corrected chi connectivity index (χ1v) is 13.2. The Kier molecular flexibility index (Phi) is 4.97. The number of amides is 2. The average molecular weight is 513 g/mol. The average Bonchev–Trinajstić information content (AvgIpc) is 3.32. The molecule has 0 bridgehead atoms. The van der Waals surface area contributed by atoms with E-state index in [9.17, 15) is 18.0 Å². The molecule has 2 aliphatic carbocycles. The van der Waals surface area contributed by atoms with E-state index in [2.05, 4.69) is 15.4 Å². The molecule has 0 unspecified atom stereocenters. The van der Waals surface area contributed by atoms with E-state index in [1.807, 2.05) is 0 Å². The molecule has 2 amide bonds. The molecule has 0 saturated heterocycles. The second-order valence-corrected chi connectivity index (χ2v) is 11.7. The number of ether oxygens (including phenoxy) is 1. The van der Waals surface area contributed by atoms with Gasteiger partial charge in [0.15, 0.2) is 9.84 Å². The summed E-state index contributed by atoms with van der Waals surface area (Å²) in [5.41, 5.74) is 6.55. The van der Waals surface area contributed by atoms with Crippen LogP contribution in [0.4, 0.5) is 0 Å². The van der Waals surface area contributed by atoms with Crippen molar-refractivity contribution in [2.24, 2.45) is 18.1 Å². The molecule has 188 valence electrons. The standard InChI is InChI=1S/C25H27N5O5S/c1-30-14-17(13-28-30)15-6-16(8-20(7-15)36(2,33)34)23(32)29-18-9-25(10-18)11-19(12-25)35-24-21(22(26)31)4-3-5-27-24/h3-8,13-14,18-19H,9-12H2,1-2H3,(H2,26,31)(H,29,32)/i1D3. The van der Waals surface area contributed by atoms with Crippen LogP contribution < -0.4 is 15.8 Å². The molecule has 0 atom stereocenters. The number of hydrogen-bond donors (Lipinski definition) is 2. The Morgan fingerprint density at radius 2 is 2.00 bits per heavy atom. The van der Waals surface area contributed by atoms with Gasteiger partial charge in [0.2, 0.25) is 5.88 Å². The second kappa shape index (κ2) is 8.74. The minimum atomic E-state index is -3.65. The van der Waals surface area contributed by atoms with Crippen LogP contribution in [0.2, 0.25) is 0 Å². The van der Waals surface area contributed by atoms with E-state index in [0.717, 1.165) is 36.6 Å². The van der Waals surface area contributed by atoms with Gasteiger partial charge in [0.05, 0.1) is 11.1 Å². The quantitative estimate of drug-likeness (QED) is 0.493. The summed E-state index contributed by atoms with van der Waals surface area (Å²) in [7, 11) is -3.65. The van der Waals surface area contributed by atoms with Gasteiger partial charge in [-0.25, -0.2) is 13.4 Å². The largest absolute Gasteiger partial charge is 0.474 e. The fourth-order valence-electron chi connectivity index (χ4n) is 5.09. The molecule has 0 radical (unpaired) electrons. The molecule has 2 aromatic heterocycles. The van der Waals surface area contributed by atoms with Gasteiger partial charge in [-0.3, -0.25) is 14.3 Å². The normalized spacial score (nSPS) is 24.5. The van der Waals surface area contributed by atoms with Crippen LogP contribution in [0.25, 0.3) is 11.1 Å². The van der Waals surface area contributed by atoms with E-state index in [0.29, 0.717) is 11.1 Å². The van der Waals surface area contributed by atoms with E-state index in [1.54, 1.807) is 12.1 Å². The number of nitrogens with two attached hydrogens (primary N) is 1. The summed E-state index contributed by atoms with van der Waals surface area (Å²) in [6.45, 7) is -2.49. The maximum atomic E-state index is 13.1. The lowest BCUT2D eigenvalue weighted by Gasteiger charge is -2.57. The topological polar surface area (TPSA) is 146 Å². The summed E-state index contributed by atoms with van der Waals surface area (Å²) in [6, 6.07) is 7.33. The molecule has 2 fully saturated rings. The summed E-state index contributed by atoms with van der Waals surface area (Å²) >= 11 is 0. The first kappa shape index (κ1) is 20.5. The Balaban J connectivity index is 1.24. The Hall–Kier alpha value is -3.73. The van der Waals surface area contributed by atoms with E-state index >= 15 is 0 Å². The van der Waals surface area contributed by atoms with Crippen LogP contribution in [-0.4, -0.2) is 53.4 Å². The Bertz CT molecular complexity index is 1560.